The molecule has 0 amide bonds. The third-order valence-corrected chi connectivity index (χ3v) is 6.68. The number of halogens is 2. The number of piperazine rings is 1. The molecule has 0 spiro atoms. The number of benzene rings is 2. The molecule has 0 bridgehead atoms. The Morgan fingerprint density at radius 3 is 2.62 bits per heavy atom. The third kappa shape index (κ3) is 5.37. The summed E-state index contributed by atoms with van der Waals surface area (Å²) in [5.41, 5.74) is 0.132. The molecule has 1 aromatic heterocycles. The van der Waals surface area contributed by atoms with Crippen molar-refractivity contribution in [2.24, 2.45) is 0 Å². The van der Waals surface area contributed by atoms with Gasteiger partial charge in [-0.3, -0.25) is 4.79 Å². The van der Waals surface area contributed by atoms with E-state index in [0.29, 0.717) is 22.4 Å². The minimum atomic E-state index is -0.443. The SMILES string of the molecule is COc1c(OCCCCN2CCN(C)CC2)cc(O)c2c(=O)cc(-c3ccc(F)cc3Br)oc12. The van der Waals surface area contributed by atoms with Crippen molar-refractivity contribution < 1.29 is 23.4 Å². The first-order valence-electron chi connectivity index (χ1n) is 11.2. The molecule has 7 nitrogen and oxygen atoms in total. The normalized spacial score (nSPS) is 15.1. The molecule has 3 aromatic rings. The van der Waals surface area contributed by atoms with Crippen LogP contribution in [0.5, 0.6) is 17.2 Å². The summed E-state index contributed by atoms with van der Waals surface area (Å²) in [7, 11) is 3.59. The lowest BCUT2D eigenvalue weighted by atomic mass is 10.1. The Bertz CT molecular complexity index is 1220. The maximum Gasteiger partial charge on any atom is 0.205 e. The van der Waals surface area contributed by atoms with E-state index in [4.69, 9.17) is 13.9 Å². The molecule has 182 valence electrons. The number of hydrogen-bond acceptors (Lipinski definition) is 7. The van der Waals surface area contributed by atoms with Crippen molar-refractivity contribution in [1.82, 2.24) is 9.80 Å². The topological polar surface area (TPSA) is 75.4 Å². The number of rotatable bonds is 8. The smallest absolute Gasteiger partial charge is 0.205 e. The van der Waals surface area contributed by atoms with Crippen LogP contribution in [0.15, 0.2) is 44.0 Å². The van der Waals surface area contributed by atoms with Gasteiger partial charge in [-0.25, -0.2) is 4.39 Å². The number of fused-ring (bicyclic) bond motifs is 1. The van der Waals surface area contributed by atoms with Crippen LogP contribution >= 0.6 is 15.9 Å². The van der Waals surface area contributed by atoms with E-state index in [9.17, 15) is 14.3 Å². The number of aromatic hydroxyl groups is 1. The van der Waals surface area contributed by atoms with Crippen LogP contribution in [0.2, 0.25) is 0 Å². The van der Waals surface area contributed by atoms with Gasteiger partial charge in [0, 0.05) is 48.3 Å². The van der Waals surface area contributed by atoms with E-state index >= 15 is 0 Å². The Balaban J connectivity index is 1.54. The highest BCUT2D eigenvalue weighted by atomic mass is 79.9. The molecule has 1 N–H and O–H groups in total. The number of phenols is 1. The molecule has 34 heavy (non-hydrogen) atoms. The lowest BCUT2D eigenvalue weighted by molar-refractivity contribution is 0.149. The average molecular weight is 535 g/mol. The number of unbranched alkanes of at least 4 members (excludes halogenated alkanes) is 1. The van der Waals surface area contributed by atoms with Crippen molar-refractivity contribution in [3.63, 3.8) is 0 Å². The van der Waals surface area contributed by atoms with E-state index in [1.54, 1.807) is 0 Å². The zero-order chi connectivity index (χ0) is 24.2. The monoisotopic (exact) mass is 534 g/mol. The summed E-state index contributed by atoms with van der Waals surface area (Å²) in [4.78, 5) is 17.6. The lowest BCUT2D eigenvalue weighted by Gasteiger charge is -2.32. The van der Waals surface area contributed by atoms with Gasteiger partial charge in [0.05, 0.1) is 13.7 Å². The van der Waals surface area contributed by atoms with Crippen molar-refractivity contribution in [3.05, 3.63) is 50.8 Å². The molecule has 2 aromatic carbocycles. The maximum atomic E-state index is 13.5. The first-order chi connectivity index (χ1) is 16.4. The predicted octanol–water partition coefficient (Wildman–Crippen LogP) is 4.48. The Hall–Kier alpha value is -2.62. The Kier molecular flexibility index (Phi) is 7.75. The standard InChI is InChI=1S/C25H28BrFN2O5/c1-28-8-10-29(11-9-28)7-3-4-12-33-22-15-20(31)23-19(30)14-21(34-25(23)24(22)32-2)17-6-5-16(27)13-18(17)26/h5-6,13-15,31H,3-4,7-12H2,1-2H3. The van der Waals surface area contributed by atoms with Crippen LogP contribution in [0, 0.1) is 5.82 Å². The van der Waals surface area contributed by atoms with Crippen molar-refractivity contribution in [1.29, 1.82) is 0 Å². The lowest BCUT2D eigenvalue weighted by Crippen LogP contribution is -2.44. The van der Waals surface area contributed by atoms with Gasteiger partial charge in [-0.2, -0.15) is 0 Å². The van der Waals surface area contributed by atoms with Crippen molar-refractivity contribution in [3.8, 4) is 28.6 Å². The molecule has 4 rings (SSSR count). The summed E-state index contributed by atoms with van der Waals surface area (Å²) in [5, 5.41) is 10.5. The summed E-state index contributed by atoms with van der Waals surface area (Å²) in [5.74, 6) is 0.0695. The number of methoxy groups -OCH3 is 1. The van der Waals surface area contributed by atoms with Gasteiger partial charge < -0.3 is 28.8 Å². The summed E-state index contributed by atoms with van der Waals surface area (Å²) in [6.45, 7) is 5.78. The number of phenolic OH excluding ortho intramolecular Hbond substituents is 1. The van der Waals surface area contributed by atoms with Crippen LogP contribution in [0.1, 0.15) is 12.8 Å². The number of nitrogens with zero attached hydrogens (tertiary/aromatic N) is 2. The van der Waals surface area contributed by atoms with Gasteiger partial charge in [-0.15, -0.1) is 0 Å². The minimum absolute atomic E-state index is 0.00116. The highest BCUT2D eigenvalue weighted by Gasteiger charge is 2.21. The van der Waals surface area contributed by atoms with Gasteiger partial charge in [-0.1, -0.05) is 0 Å². The number of ether oxygens (including phenoxy) is 2. The molecule has 1 fully saturated rings. The van der Waals surface area contributed by atoms with Gasteiger partial charge in [0.15, 0.2) is 16.8 Å². The van der Waals surface area contributed by atoms with Crippen molar-refractivity contribution in [2.45, 2.75) is 12.8 Å². The molecular weight excluding hydrogens is 507 g/mol. The van der Waals surface area contributed by atoms with Gasteiger partial charge >= 0.3 is 0 Å². The van der Waals surface area contributed by atoms with Gasteiger partial charge in [0.25, 0.3) is 0 Å². The highest BCUT2D eigenvalue weighted by molar-refractivity contribution is 9.10. The zero-order valence-corrected chi connectivity index (χ0v) is 20.9. The first-order valence-corrected chi connectivity index (χ1v) is 12.0. The van der Waals surface area contributed by atoms with Crippen molar-refractivity contribution in [2.75, 3.05) is 53.5 Å². The maximum absolute atomic E-state index is 13.5. The first kappa shape index (κ1) is 24.5. The summed E-state index contributed by atoms with van der Waals surface area (Å²) >= 11 is 3.30. The fourth-order valence-corrected chi connectivity index (χ4v) is 4.63. The number of likely N-dealkylation sites (N-methyl/N-ethyl adjacent to an activating group) is 1. The van der Waals surface area contributed by atoms with Crippen LogP contribution < -0.4 is 14.9 Å². The van der Waals surface area contributed by atoms with E-state index in [1.807, 2.05) is 0 Å². The quantitative estimate of drug-likeness (QED) is 0.427. The van der Waals surface area contributed by atoms with Gasteiger partial charge in [0.1, 0.15) is 22.7 Å². The third-order valence-electron chi connectivity index (χ3n) is 6.02. The van der Waals surface area contributed by atoms with Crippen LogP contribution in [-0.4, -0.2) is 68.4 Å². The average Bonchev–Trinajstić information content (AvgIpc) is 2.79. The predicted molar refractivity (Wildman–Crippen MR) is 132 cm³/mol. The van der Waals surface area contributed by atoms with Crippen LogP contribution in [-0.2, 0) is 0 Å². The molecule has 0 atom stereocenters. The van der Waals surface area contributed by atoms with Crippen LogP contribution in [0.25, 0.3) is 22.3 Å². The Morgan fingerprint density at radius 2 is 1.91 bits per heavy atom. The van der Waals surface area contributed by atoms with E-state index in [1.165, 1.54) is 37.4 Å². The fraction of sp³-hybridized carbons (Fsp3) is 0.400. The molecule has 0 radical (unpaired) electrons. The molecule has 9 heteroatoms. The summed E-state index contributed by atoms with van der Waals surface area (Å²) < 4.78 is 31.4. The molecule has 1 aliphatic heterocycles. The van der Waals surface area contributed by atoms with Gasteiger partial charge in [0.2, 0.25) is 5.75 Å². The second kappa shape index (κ2) is 10.8. The molecule has 1 aliphatic rings. The summed E-state index contributed by atoms with van der Waals surface area (Å²) in [6.07, 6.45) is 1.82. The van der Waals surface area contributed by atoms with Crippen molar-refractivity contribution >= 4 is 26.9 Å². The van der Waals surface area contributed by atoms with E-state index in [0.717, 1.165) is 45.6 Å². The molecule has 1 saturated heterocycles. The minimum Gasteiger partial charge on any atom is -0.507 e. The number of hydrogen-bond donors (Lipinski definition) is 1. The van der Waals surface area contributed by atoms with E-state index in [-0.39, 0.29) is 28.2 Å². The van der Waals surface area contributed by atoms with E-state index < -0.39 is 11.2 Å². The van der Waals surface area contributed by atoms with Gasteiger partial charge in [-0.05, 0) is 60.6 Å². The molecule has 0 saturated carbocycles. The Morgan fingerprint density at radius 1 is 1.15 bits per heavy atom. The van der Waals surface area contributed by atoms with E-state index in [2.05, 4.69) is 32.8 Å². The second-order valence-corrected chi connectivity index (χ2v) is 9.29. The molecular formula is C25H28BrFN2O5. The van der Waals surface area contributed by atoms with Crippen LogP contribution in [0.4, 0.5) is 4.39 Å². The van der Waals surface area contributed by atoms with Crippen LogP contribution in [0.3, 0.4) is 0 Å². The largest absolute Gasteiger partial charge is 0.507 e. The zero-order valence-electron chi connectivity index (χ0n) is 19.3. The molecule has 0 aliphatic carbocycles. The summed E-state index contributed by atoms with van der Waals surface area (Å²) in [6, 6.07) is 6.72. The fourth-order valence-electron chi connectivity index (χ4n) is 4.08. The molecule has 2 heterocycles. The molecule has 0 unspecified atom stereocenters. The second-order valence-electron chi connectivity index (χ2n) is 8.43. The Labute approximate surface area is 205 Å². The highest BCUT2D eigenvalue weighted by Crippen LogP contribution is 2.41.